The molecule has 0 heterocycles. The molecule has 1 aromatic carbocycles. The highest BCUT2D eigenvalue weighted by Gasteiger charge is 2.11. The SMILES string of the molecule is CC(C)CN(CCOc1ccc(C(=O)O)cc1)C(C)C. The molecule has 0 spiro atoms. The lowest BCUT2D eigenvalue weighted by Crippen LogP contribution is -2.37. The van der Waals surface area contributed by atoms with Crippen LogP contribution in [0.25, 0.3) is 0 Å². The Morgan fingerprint density at radius 1 is 1.20 bits per heavy atom. The van der Waals surface area contributed by atoms with Crippen molar-refractivity contribution in [2.24, 2.45) is 5.92 Å². The third-order valence-corrected chi connectivity index (χ3v) is 3.08. The molecule has 0 bridgehead atoms. The molecule has 0 unspecified atom stereocenters. The third-order valence-electron chi connectivity index (χ3n) is 3.08. The molecule has 4 heteroatoms. The molecule has 0 aromatic heterocycles. The molecule has 112 valence electrons. The number of carboxylic acids is 1. The van der Waals surface area contributed by atoms with Crippen LogP contribution < -0.4 is 4.74 Å². The van der Waals surface area contributed by atoms with Crippen LogP contribution in [0.15, 0.2) is 24.3 Å². The molecule has 0 saturated carbocycles. The summed E-state index contributed by atoms with van der Waals surface area (Å²) in [4.78, 5) is 13.1. The quantitative estimate of drug-likeness (QED) is 0.794. The molecule has 0 atom stereocenters. The number of hydrogen-bond acceptors (Lipinski definition) is 3. The highest BCUT2D eigenvalue weighted by molar-refractivity contribution is 5.87. The van der Waals surface area contributed by atoms with E-state index in [4.69, 9.17) is 9.84 Å². The average molecular weight is 279 g/mol. The van der Waals surface area contributed by atoms with Gasteiger partial charge in [0.05, 0.1) is 5.56 Å². The number of nitrogens with zero attached hydrogens (tertiary/aromatic N) is 1. The van der Waals surface area contributed by atoms with E-state index in [2.05, 4.69) is 32.6 Å². The molecule has 1 aromatic rings. The van der Waals surface area contributed by atoms with Crippen LogP contribution in [0.3, 0.4) is 0 Å². The Morgan fingerprint density at radius 2 is 1.80 bits per heavy atom. The molecule has 0 aliphatic carbocycles. The first-order valence-electron chi connectivity index (χ1n) is 7.10. The number of carbonyl (C=O) groups is 1. The third kappa shape index (κ3) is 5.61. The van der Waals surface area contributed by atoms with Gasteiger partial charge in [0.2, 0.25) is 0 Å². The van der Waals surface area contributed by atoms with Crippen molar-refractivity contribution in [2.75, 3.05) is 19.7 Å². The van der Waals surface area contributed by atoms with Gasteiger partial charge in [-0.3, -0.25) is 4.90 Å². The fraction of sp³-hybridized carbons (Fsp3) is 0.562. The molecule has 4 nitrogen and oxygen atoms in total. The maximum atomic E-state index is 10.7. The van der Waals surface area contributed by atoms with Gasteiger partial charge in [-0.05, 0) is 44.0 Å². The van der Waals surface area contributed by atoms with Crippen LogP contribution in [-0.4, -0.2) is 41.7 Å². The van der Waals surface area contributed by atoms with E-state index in [0.29, 0.717) is 24.3 Å². The molecule has 20 heavy (non-hydrogen) atoms. The van der Waals surface area contributed by atoms with Gasteiger partial charge in [-0.2, -0.15) is 0 Å². The summed E-state index contributed by atoms with van der Waals surface area (Å²) in [7, 11) is 0. The topological polar surface area (TPSA) is 49.8 Å². The molecular weight excluding hydrogens is 254 g/mol. The van der Waals surface area contributed by atoms with Gasteiger partial charge < -0.3 is 9.84 Å². The van der Waals surface area contributed by atoms with E-state index in [9.17, 15) is 4.79 Å². The predicted octanol–water partition coefficient (Wildman–Crippen LogP) is 3.13. The first kappa shape index (κ1) is 16.5. The largest absolute Gasteiger partial charge is 0.492 e. The maximum Gasteiger partial charge on any atom is 0.335 e. The summed E-state index contributed by atoms with van der Waals surface area (Å²) in [5.41, 5.74) is 0.279. The summed E-state index contributed by atoms with van der Waals surface area (Å²) >= 11 is 0. The van der Waals surface area contributed by atoms with Gasteiger partial charge in [0.15, 0.2) is 0 Å². The number of benzene rings is 1. The van der Waals surface area contributed by atoms with Crippen LogP contribution in [0.1, 0.15) is 38.1 Å². The van der Waals surface area contributed by atoms with E-state index in [1.165, 1.54) is 0 Å². The zero-order valence-electron chi connectivity index (χ0n) is 12.8. The number of hydrogen-bond donors (Lipinski definition) is 1. The van der Waals surface area contributed by atoms with E-state index in [1.807, 2.05) is 0 Å². The molecule has 0 aliphatic heterocycles. The Labute approximate surface area is 121 Å². The van der Waals surface area contributed by atoms with Crippen molar-refractivity contribution in [1.29, 1.82) is 0 Å². The fourth-order valence-corrected chi connectivity index (χ4v) is 2.00. The van der Waals surface area contributed by atoms with E-state index in [0.717, 1.165) is 13.1 Å². The van der Waals surface area contributed by atoms with E-state index in [1.54, 1.807) is 24.3 Å². The van der Waals surface area contributed by atoms with Crippen molar-refractivity contribution in [3.05, 3.63) is 29.8 Å². The molecule has 0 radical (unpaired) electrons. The van der Waals surface area contributed by atoms with Crippen molar-refractivity contribution < 1.29 is 14.6 Å². The summed E-state index contributed by atoms with van der Waals surface area (Å²) in [5.74, 6) is 0.426. The summed E-state index contributed by atoms with van der Waals surface area (Å²) in [6.45, 7) is 11.3. The second kappa shape index (κ2) is 7.90. The van der Waals surface area contributed by atoms with E-state index < -0.39 is 5.97 Å². The lowest BCUT2D eigenvalue weighted by molar-refractivity contribution is 0.0697. The summed E-state index contributed by atoms with van der Waals surface area (Å²) in [6.07, 6.45) is 0. The molecule has 0 amide bonds. The van der Waals surface area contributed by atoms with Crippen LogP contribution in [0.2, 0.25) is 0 Å². The smallest absolute Gasteiger partial charge is 0.335 e. The maximum absolute atomic E-state index is 10.7. The minimum atomic E-state index is -0.917. The first-order chi connectivity index (χ1) is 9.40. The Hall–Kier alpha value is -1.55. The minimum absolute atomic E-state index is 0.279. The van der Waals surface area contributed by atoms with Crippen LogP contribution in [0.5, 0.6) is 5.75 Å². The normalized spacial score (nSPS) is 11.3. The lowest BCUT2D eigenvalue weighted by Gasteiger charge is -2.28. The summed E-state index contributed by atoms with van der Waals surface area (Å²) in [5, 5.41) is 8.82. The van der Waals surface area contributed by atoms with Crippen LogP contribution >= 0.6 is 0 Å². The zero-order chi connectivity index (χ0) is 15.1. The zero-order valence-corrected chi connectivity index (χ0v) is 12.8. The Bertz CT molecular complexity index is 412. The van der Waals surface area contributed by atoms with Crippen molar-refractivity contribution in [2.45, 2.75) is 33.7 Å². The second-order valence-electron chi connectivity index (χ2n) is 5.66. The number of ether oxygens (including phenoxy) is 1. The highest BCUT2D eigenvalue weighted by Crippen LogP contribution is 2.12. The summed E-state index contributed by atoms with van der Waals surface area (Å²) in [6, 6.07) is 7.02. The van der Waals surface area contributed by atoms with Gasteiger partial charge in [-0.1, -0.05) is 13.8 Å². The molecular formula is C16H25NO3. The lowest BCUT2D eigenvalue weighted by atomic mass is 10.2. The minimum Gasteiger partial charge on any atom is -0.492 e. The second-order valence-corrected chi connectivity index (χ2v) is 5.66. The Kier molecular flexibility index (Phi) is 6.52. The van der Waals surface area contributed by atoms with Gasteiger partial charge in [0.1, 0.15) is 12.4 Å². The van der Waals surface area contributed by atoms with Crippen LogP contribution in [0.4, 0.5) is 0 Å². The molecule has 1 N–H and O–H groups in total. The summed E-state index contributed by atoms with van der Waals surface area (Å²) < 4.78 is 5.67. The number of carboxylic acid groups (broad SMARTS) is 1. The van der Waals surface area contributed by atoms with Crippen molar-refractivity contribution >= 4 is 5.97 Å². The van der Waals surface area contributed by atoms with Crippen molar-refractivity contribution in [3.8, 4) is 5.75 Å². The van der Waals surface area contributed by atoms with Crippen molar-refractivity contribution in [1.82, 2.24) is 4.90 Å². The van der Waals surface area contributed by atoms with E-state index in [-0.39, 0.29) is 5.56 Å². The predicted molar refractivity (Wildman–Crippen MR) is 80.4 cm³/mol. The molecule has 0 fully saturated rings. The van der Waals surface area contributed by atoms with Gasteiger partial charge in [0, 0.05) is 19.1 Å². The van der Waals surface area contributed by atoms with Crippen LogP contribution in [-0.2, 0) is 0 Å². The molecule has 0 aliphatic rings. The first-order valence-corrected chi connectivity index (χ1v) is 7.10. The number of rotatable bonds is 8. The monoisotopic (exact) mass is 279 g/mol. The Balaban J connectivity index is 2.44. The number of aromatic carboxylic acids is 1. The van der Waals surface area contributed by atoms with Gasteiger partial charge in [-0.15, -0.1) is 0 Å². The standard InChI is InChI=1S/C16H25NO3/c1-12(2)11-17(13(3)4)9-10-20-15-7-5-14(6-8-15)16(18)19/h5-8,12-13H,9-11H2,1-4H3,(H,18,19). The fourth-order valence-electron chi connectivity index (χ4n) is 2.00. The van der Waals surface area contributed by atoms with Gasteiger partial charge in [0.25, 0.3) is 0 Å². The molecule has 1 rings (SSSR count). The Morgan fingerprint density at radius 3 is 2.25 bits per heavy atom. The highest BCUT2D eigenvalue weighted by atomic mass is 16.5. The average Bonchev–Trinajstić information content (AvgIpc) is 2.37. The molecule has 0 saturated heterocycles. The van der Waals surface area contributed by atoms with E-state index >= 15 is 0 Å². The van der Waals surface area contributed by atoms with Crippen LogP contribution in [0, 0.1) is 5.92 Å². The van der Waals surface area contributed by atoms with Gasteiger partial charge in [-0.25, -0.2) is 4.79 Å². The van der Waals surface area contributed by atoms with Crippen molar-refractivity contribution in [3.63, 3.8) is 0 Å². The van der Waals surface area contributed by atoms with Gasteiger partial charge >= 0.3 is 5.97 Å².